The highest BCUT2D eigenvalue weighted by Gasteiger charge is 2.44. The molecule has 0 bridgehead atoms. The lowest BCUT2D eigenvalue weighted by Crippen LogP contribution is -2.36. The summed E-state index contributed by atoms with van der Waals surface area (Å²) in [5.41, 5.74) is 1.03. The van der Waals surface area contributed by atoms with Crippen LogP contribution in [0.15, 0.2) is 70.3 Å². The molecule has 7 heteroatoms. The van der Waals surface area contributed by atoms with Gasteiger partial charge in [-0.05, 0) is 43.9 Å². The van der Waals surface area contributed by atoms with Crippen molar-refractivity contribution in [3.05, 3.63) is 77.3 Å². The molecule has 1 unspecified atom stereocenters. The van der Waals surface area contributed by atoms with Crippen LogP contribution in [0, 0.1) is 0 Å². The smallest absolute Gasteiger partial charge is 0.290 e. The van der Waals surface area contributed by atoms with Crippen molar-refractivity contribution in [2.24, 2.45) is 0 Å². The van der Waals surface area contributed by atoms with E-state index in [0.717, 1.165) is 5.39 Å². The predicted octanol–water partition coefficient (Wildman–Crippen LogP) is 3.28. The van der Waals surface area contributed by atoms with Crippen LogP contribution in [0.25, 0.3) is 11.0 Å². The van der Waals surface area contributed by atoms with Crippen LogP contribution >= 0.6 is 0 Å². The molecule has 154 valence electrons. The number of aliphatic hydroxyl groups excluding tert-OH is 1. The quantitative estimate of drug-likeness (QED) is 0.610. The number of ketones is 1. The summed E-state index contributed by atoms with van der Waals surface area (Å²) >= 11 is 0. The fraction of sp³-hybridized carbons (Fsp3) is 0.217. The molecule has 30 heavy (non-hydrogen) atoms. The van der Waals surface area contributed by atoms with Gasteiger partial charge in [-0.15, -0.1) is 0 Å². The number of amides is 1. The van der Waals surface area contributed by atoms with E-state index in [9.17, 15) is 19.8 Å². The van der Waals surface area contributed by atoms with Crippen molar-refractivity contribution in [3.8, 4) is 5.75 Å². The number of hydrogen-bond donors (Lipinski definition) is 2. The number of phenols is 1. The molecule has 1 atom stereocenters. The minimum Gasteiger partial charge on any atom is -0.508 e. The van der Waals surface area contributed by atoms with E-state index in [0.29, 0.717) is 24.2 Å². The van der Waals surface area contributed by atoms with E-state index in [1.54, 1.807) is 30.3 Å². The van der Waals surface area contributed by atoms with Crippen LogP contribution in [0.5, 0.6) is 5.75 Å². The summed E-state index contributed by atoms with van der Waals surface area (Å²) in [5.74, 6) is -1.71. The molecule has 1 aromatic heterocycles. The largest absolute Gasteiger partial charge is 0.508 e. The number of rotatable bonds is 6. The molecule has 4 rings (SSSR count). The van der Waals surface area contributed by atoms with Gasteiger partial charge in [0.25, 0.3) is 5.91 Å². The normalized spacial score (nSPS) is 16.8. The third kappa shape index (κ3) is 3.44. The Morgan fingerprint density at radius 1 is 1.10 bits per heavy atom. The number of likely N-dealkylation sites (N-methyl/N-ethyl adjacent to an activating group) is 1. The van der Waals surface area contributed by atoms with Crippen molar-refractivity contribution in [1.29, 1.82) is 0 Å². The number of phenolic OH excluding ortho intramolecular Hbond substituents is 1. The number of aromatic hydroxyl groups is 1. The lowest BCUT2D eigenvalue weighted by Gasteiger charge is -2.27. The van der Waals surface area contributed by atoms with Crippen LogP contribution in [0.1, 0.15) is 22.2 Å². The molecule has 0 saturated carbocycles. The van der Waals surface area contributed by atoms with Gasteiger partial charge in [-0.25, -0.2) is 0 Å². The molecule has 0 saturated heterocycles. The molecule has 0 aliphatic carbocycles. The first-order valence-corrected chi connectivity index (χ1v) is 9.58. The molecule has 0 radical (unpaired) electrons. The van der Waals surface area contributed by atoms with Crippen LogP contribution in [0.2, 0.25) is 0 Å². The zero-order chi connectivity index (χ0) is 21.4. The second kappa shape index (κ2) is 7.68. The molecule has 0 spiro atoms. The van der Waals surface area contributed by atoms with Crippen molar-refractivity contribution < 1.29 is 24.2 Å². The highest BCUT2D eigenvalue weighted by Crippen LogP contribution is 2.40. The molecule has 1 amide bonds. The molecule has 1 aliphatic rings. The predicted molar refractivity (Wildman–Crippen MR) is 111 cm³/mol. The number of para-hydroxylation sites is 1. The van der Waals surface area contributed by atoms with Gasteiger partial charge in [0.1, 0.15) is 11.3 Å². The molecule has 3 aromatic rings. The minimum atomic E-state index is -0.828. The van der Waals surface area contributed by atoms with Crippen LogP contribution < -0.4 is 0 Å². The lowest BCUT2D eigenvalue weighted by molar-refractivity contribution is -0.129. The molecule has 7 nitrogen and oxygen atoms in total. The second-order valence-electron chi connectivity index (χ2n) is 7.54. The molecular formula is C23H22N2O5. The van der Waals surface area contributed by atoms with Gasteiger partial charge in [0.2, 0.25) is 5.78 Å². The topological polar surface area (TPSA) is 94.2 Å². The SMILES string of the molecule is CN(C)CCN1C(=O)C(O)=C(C(=O)c2cc3ccccc3o2)C1c1cccc(O)c1. The van der Waals surface area contributed by atoms with Crippen molar-refractivity contribution in [2.75, 3.05) is 27.2 Å². The Kier molecular flexibility index (Phi) is 5.05. The van der Waals surface area contributed by atoms with Gasteiger partial charge in [0.15, 0.2) is 11.5 Å². The maximum absolute atomic E-state index is 13.4. The third-order valence-corrected chi connectivity index (χ3v) is 5.17. The number of furan rings is 1. The standard InChI is InChI=1S/C23H22N2O5/c1-24(2)10-11-25-20(15-7-5-8-16(26)12-15)19(22(28)23(25)29)21(27)18-13-14-6-3-4-9-17(14)30-18/h3-9,12-13,20,26,28H,10-11H2,1-2H3. The van der Waals surface area contributed by atoms with Crippen molar-refractivity contribution in [3.63, 3.8) is 0 Å². The number of carbonyl (C=O) groups is 2. The van der Waals surface area contributed by atoms with E-state index < -0.39 is 23.5 Å². The van der Waals surface area contributed by atoms with Crippen LogP contribution in [-0.4, -0.2) is 58.9 Å². The van der Waals surface area contributed by atoms with Crippen LogP contribution in [0.4, 0.5) is 0 Å². The maximum atomic E-state index is 13.4. The number of aliphatic hydroxyl groups is 1. The van der Waals surface area contributed by atoms with Crippen LogP contribution in [-0.2, 0) is 4.79 Å². The Hall–Kier alpha value is -3.58. The number of carbonyl (C=O) groups excluding carboxylic acids is 2. The number of Topliss-reactive ketones (excluding diaryl/α,β-unsaturated/α-hetero) is 1. The first kappa shape index (κ1) is 19.7. The Morgan fingerprint density at radius 2 is 1.87 bits per heavy atom. The monoisotopic (exact) mass is 406 g/mol. The number of nitrogens with zero attached hydrogens (tertiary/aromatic N) is 2. The van der Waals surface area contributed by atoms with Gasteiger partial charge < -0.3 is 24.4 Å². The maximum Gasteiger partial charge on any atom is 0.290 e. The zero-order valence-electron chi connectivity index (χ0n) is 16.7. The van der Waals surface area contributed by atoms with Gasteiger partial charge in [-0.2, -0.15) is 0 Å². The number of hydrogen-bond acceptors (Lipinski definition) is 6. The summed E-state index contributed by atoms with van der Waals surface area (Å²) in [6.07, 6.45) is 0. The fourth-order valence-electron chi connectivity index (χ4n) is 3.69. The van der Waals surface area contributed by atoms with Gasteiger partial charge in [-0.3, -0.25) is 9.59 Å². The minimum absolute atomic E-state index is 0.00874. The number of fused-ring (bicyclic) bond motifs is 1. The molecule has 0 fully saturated rings. The Bertz CT molecular complexity index is 1130. The summed E-state index contributed by atoms with van der Waals surface area (Å²) < 4.78 is 5.68. The fourth-order valence-corrected chi connectivity index (χ4v) is 3.69. The average molecular weight is 406 g/mol. The summed E-state index contributed by atoms with van der Waals surface area (Å²) in [6.45, 7) is 0.841. The molecular weight excluding hydrogens is 384 g/mol. The van der Waals surface area contributed by atoms with Gasteiger partial charge >= 0.3 is 0 Å². The average Bonchev–Trinajstić information content (AvgIpc) is 3.26. The van der Waals surface area contributed by atoms with E-state index in [1.807, 2.05) is 31.1 Å². The van der Waals surface area contributed by atoms with E-state index >= 15 is 0 Å². The zero-order valence-corrected chi connectivity index (χ0v) is 16.7. The summed E-state index contributed by atoms with van der Waals surface area (Å²) in [4.78, 5) is 29.6. The van der Waals surface area contributed by atoms with Crippen molar-refractivity contribution >= 4 is 22.7 Å². The highest BCUT2D eigenvalue weighted by molar-refractivity contribution is 6.16. The summed E-state index contributed by atoms with van der Waals surface area (Å²) in [5, 5.41) is 21.4. The first-order valence-electron chi connectivity index (χ1n) is 9.58. The van der Waals surface area contributed by atoms with E-state index in [1.165, 1.54) is 17.0 Å². The Morgan fingerprint density at radius 3 is 2.57 bits per heavy atom. The van der Waals surface area contributed by atoms with Crippen molar-refractivity contribution in [1.82, 2.24) is 9.80 Å². The summed E-state index contributed by atoms with van der Waals surface area (Å²) in [7, 11) is 3.75. The van der Waals surface area contributed by atoms with Crippen molar-refractivity contribution in [2.45, 2.75) is 6.04 Å². The van der Waals surface area contributed by atoms with E-state index in [2.05, 4.69) is 0 Å². The first-order chi connectivity index (χ1) is 14.4. The Labute approximate surface area is 173 Å². The van der Waals surface area contributed by atoms with Gasteiger partial charge in [0, 0.05) is 18.5 Å². The molecule has 2 N–H and O–H groups in total. The number of benzene rings is 2. The van der Waals surface area contributed by atoms with Gasteiger partial charge in [0.05, 0.1) is 11.6 Å². The van der Waals surface area contributed by atoms with Crippen LogP contribution in [0.3, 0.4) is 0 Å². The van der Waals surface area contributed by atoms with Gasteiger partial charge in [-0.1, -0.05) is 30.3 Å². The second-order valence-corrected chi connectivity index (χ2v) is 7.54. The Balaban J connectivity index is 1.79. The summed E-state index contributed by atoms with van der Waals surface area (Å²) in [6, 6.07) is 14.3. The highest BCUT2D eigenvalue weighted by atomic mass is 16.3. The molecule has 2 aromatic carbocycles. The molecule has 2 heterocycles. The van der Waals surface area contributed by atoms with E-state index in [4.69, 9.17) is 4.42 Å². The molecule has 1 aliphatic heterocycles. The van der Waals surface area contributed by atoms with E-state index in [-0.39, 0.29) is 17.1 Å². The lowest BCUT2D eigenvalue weighted by atomic mass is 9.95. The third-order valence-electron chi connectivity index (χ3n) is 5.17.